The van der Waals surface area contributed by atoms with Gasteiger partial charge in [0.05, 0.1) is 9.82 Å². The van der Waals surface area contributed by atoms with Gasteiger partial charge in [-0.05, 0) is 49.8 Å². The number of aromatic nitrogens is 1. The lowest BCUT2D eigenvalue weighted by molar-refractivity contribution is -0.384. The van der Waals surface area contributed by atoms with E-state index in [1.54, 1.807) is 40.8 Å². The molecule has 0 aliphatic carbocycles. The monoisotopic (exact) mass is 444 g/mol. The highest BCUT2D eigenvalue weighted by molar-refractivity contribution is 7.89. The van der Waals surface area contributed by atoms with Crippen LogP contribution in [0, 0.1) is 16.0 Å². The van der Waals surface area contributed by atoms with Crippen LogP contribution in [0.4, 0.5) is 11.5 Å². The molecule has 31 heavy (non-hydrogen) atoms. The fraction of sp³-hybridized carbons (Fsp3) is 0.500. The first-order chi connectivity index (χ1) is 15.0. The van der Waals surface area contributed by atoms with Crippen LogP contribution in [0.1, 0.15) is 38.5 Å². The number of sulfonamides is 1. The van der Waals surface area contributed by atoms with Crippen LogP contribution in [-0.4, -0.2) is 48.3 Å². The molecule has 0 bridgehead atoms. The zero-order valence-corrected chi connectivity index (χ0v) is 18.3. The molecule has 2 aliphatic heterocycles. The van der Waals surface area contributed by atoms with Gasteiger partial charge in [0.15, 0.2) is 0 Å². The van der Waals surface area contributed by atoms with Crippen LogP contribution in [0.5, 0.6) is 0 Å². The molecular formula is C22H28N4O4S. The molecule has 1 aromatic carbocycles. The van der Waals surface area contributed by atoms with Crippen molar-refractivity contribution in [2.45, 2.75) is 49.5 Å². The Labute approximate surface area is 183 Å². The molecule has 8 nitrogen and oxygen atoms in total. The third-order valence-electron chi connectivity index (χ3n) is 6.44. The van der Waals surface area contributed by atoms with Gasteiger partial charge >= 0.3 is 5.69 Å². The number of rotatable bonds is 5. The molecule has 2 aliphatic rings. The Bertz CT molecular complexity index is 1010. The first-order valence-electron chi connectivity index (χ1n) is 10.9. The number of nitro groups is 1. The standard InChI is InChI=1S/C22H28N4O4S/c27-26(28)21-11-7-14-23-22(21)24-16-12-18(13-17-24)20-10-5-2-6-15-25(20)31(29,30)19-8-3-1-4-9-19/h1,3-4,7-9,11,14,18,20H,2,5-6,10,12-13,15-17H2/t20-/m1/s1. The van der Waals surface area contributed by atoms with E-state index >= 15 is 0 Å². The molecule has 0 spiro atoms. The molecule has 0 saturated carbocycles. The van der Waals surface area contributed by atoms with Crippen LogP contribution in [0.3, 0.4) is 0 Å². The molecule has 3 heterocycles. The summed E-state index contributed by atoms with van der Waals surface area (Å²) in [5.41, 5.74) is 0.0173. The van der Waals surface area contributed by atoms with Crippen molar-refractivity contribution in [1.29, 1.82) is 0 Å². The van der Waals surface area contributed by atoms with E-state index in [1.165, 1.54) is 6.07 Å². The Morgan fingerprint density at radius 2 is 1.68 bits per heavy atom. The first kappa shape index (κ1) is 21.7. The van der Waals surface area contributed by atoms with Gasteiger partial charge in [0.1, 0.15) is 0 Å². The summed E-state index contributed by atoms with van der Waals surface area (Å²) in [6.45, 7) is 1.82. The minimum Gasteiger partial charge on any atom is -0.351 e. The Balaban J connectivity index is 1.53. The maximum absolute atomic E-state index is 13.4. The van der Waals surface area contributed by atoms with Crippen LogP contribution in [0.15, 0.2) is 53.6 Å². The number of anilines is 1. The summed E-state index contributed by atoms with van der Waals surface area (Å²) in [5, 5.41) is 11.4. The number of hydrogen-bond acceptors (Lipinski definition) is 6. The summed E-state index contributed by atoms with van der Waals surface area (Å²) in [6.07, 6.45) is 6.96. The SMILES string of the molecule is O=[N+]([O-])c1cccnc1N1CCC([C@H]2CCCCCN2S(=O)(=O)c2ccccc2)CC1. The third-order valence-corrected chi connectivity index (χ3v) is 8.38. The Morgan fingerprint density at radius 1 is 0.935 bits per heavy atom. The first-order valence-corrected chi connectivity index (χ1v) is 12.3. The maximum atomic E-state index is 13.4. The second-order valence-electron chi connectivity index (χ2n) is 8.27. The van der Waals surface area contributed by atoms with E-state index in [0.717, 1.165) is 38.5 Å². The van der Waals surface area contributed by atoms with E-state index in [0.29, 0.717) is 30.3 Å². The smallest absolute Gasteiger partial charge is 0.311 e. The topological polar surface area (TPSA) is 96.7 Å². The lowest BCUT2D eigenvalue weighted by Gasteiger charge is -2.40. The van der Waals surface area contributed by atoms with Gasteiger partial charge < -0.3 is 4.90 Å². The normalized spacial score (nSPS) is 21.5. The molecule has 1 atom stereocenters. The zero-order chi connectivity index (χ0) is 21.8. The molecule has 2 aromatic rings. The molecule has 0 radical (unpaired) electrons. The van der Waals surface area contributed by atoms with Gasteiger partial charge in [0.25, 0.3) is 0 Å². The highest BCUT2D eigenvalue weighted by Crippen LogP contribution is 2.35. The number of benzene rings is 1. The summed E-state index contributed by atoms with van der Waals surface area (Å²) in [6, 6.07) is 11.7. The summed E-state index contributed by atoms with van der Waals surface area (Å²) in [7, 11) is -3.55. The van der Waals surface area contributed by atoms with Crippen LogP contribution in [-0.2, 0) is 10.0 Å². The zero-order valence-electron chi connectivity index (χ0n) is 17.5. The second kappa shape index (κ2) is 9.32. The highest BCUT2D eigenvalue weighted by atomic mass is 32.2. The van der Waals surface area contributed by atoms with Crippen molar-refractivity contribution in [3.8, 4) is 0 Å². The van der Waals surface area contributed by atoms with E-state index < -0.39 is 14.9 Å². The largest absolute Gasteiger partial charge is 0.351 e. The van der Waals surface area contributed by atoms with Gasteiger partial charge in [0, 0.05) is 37.9 Å². The average molecular weight is 445 g/mol. The average Bonchev–Trinajstić information content (AvgIpc) is 3.06. The molecule has 0 N–H and O–H groups in total. The van der Waals surface area contributed by atoms with Gasteiger partial charge in [-0.3, -0.25) is 10.1 Å². The van der Waals surface area contributed by atoms with Crippen molar-refractivity contribution >= 4 is 21.5 Å². The molecule has 0 amide bonds. The number of piperidine rings is 1. The summed E-state index contributed by atoms with van der Waals surface area (Å²) >= 11 is 0. The molecule has 2 fully saturated rings. The summed E-state index contributed by atoms with van der Waals surface area (Å²) < 4.78 is 28.6. The van der Waals surface area contributed by atoms with Crippen LogP contribution >= 0.6 is 0 Å². The predicted octanol–water partition coefficient (Wildman–Crippen LogP) is 3.84. The van der Waals surface area contributed by atoms with E-state index in [1.807, 2.05) is 11.0 Å². The number of nitrogens with zero attached hydrogens (tertiary/aromatic N) is 4. The lowest BCUT2D eigenvalue weighted by atomic mass is 9.87. The van der Waals surface area contributed by atoms with Crippen molar-refractivity contribution in [3.63, 3.8) is 0 Å². The van der Waals surface area contributed by atoms with Crippen LogP contribution in [0.2, 0.25) is 0 Å². The van der Waals surface area contributed by atoms with E-state index in [2.05, 4.69) is 4.98 Å². The van der Waals surface area contributed by atoms with Gasteiger partial charge in [-0.2, -0.15) is 4.31 Å². The van der Waals surface area contributed by atoms with E-state index in [-0.39, 0.29) is 17.6 Å². The van der Waals surface area contributed by atoms with Gasteiger partial charge in [0.2, 0.25) is 15.8 Å². The molecule has 2 saturated heterocycles. The Kier molecular flexibility index (Phi) is 6.52. The summed E-state index contributed by atoms with van der Waals surface area (Å²) in [4.78, 5) is 17.5. The van der Waals surface area contributed by atoms with Gasteiger partial charge in [-0.1, -0.05) is 31.0 Å². The van der Waals surface area contributed by atoms with Crippen LogP contribution < -0.4 is 4.90 Å². The Morgan fingerprint density at radius 3 is 2.39 bits per heavy atom. The minimum atomic E-state index is -3.55. The van der Waals surface area contributed by atoms with E-state index in [9.17, 15) is 18.5 Å². The molecule has 9 heteroatoms. The quantitative estimate of drug-likeness (QED) is 0.513. The lowest BCUT2D eigenvalue weighted by Crippen LogP contribution is -2.48. The fourth-order valence-electron chi connectivity index (χ4n) is 4.88. The fourth-order valence-corrected chi connectivity index (χ4v) is 6.65. The molecule has 166 valence electrons. The van der Waals surface area contributed by atoms with Gasteiger partial charge in [-0.25, -0.2) is 13.4 Å². The van der Waals surface area contributed by atoms with Gasteiger partial charge in [-0.15, -0.1) is 0 Å². The molecular weight excluding hydrogens is 416 g/mol. The second-order valence-corrected chi connectivity index (χ2v) is 10.2. The predicted molar refractivity (Wildman–Crippen MR) is 118 cm³/mol. The highest BCUT2D eigenvalue weighted by Gasteiger charge is 2.38. The number of pyridine rings is 1. The van der Waals surface area contributed by atoms with Crippen molar-refractivity contribution in [3.05, 3.63) is 58.8 Å². The minimum absolute atomic E-state index is 0.0173. The molecule has 4 rings (SSSR count). The molecule has 1 aromatic heterocycles. The maximum Gasteiger partial charge on any atom is 0.311 e. The van der Waals surface area contributed by atoms with Crippen LogP contribution in [0.25, 0.3) is 0 Å². The Hall–Kier alpha value is -2.52. The van der Waals surface area contributed by atoms with Crippen molar-refractivity contribution in [1.82, 2.24) is 9.29 Å². The summed E-state index contributed by atoms with van der Waals surface area (Å²) in [5.74, 6) is 0.635. The third kappa shape index (κ3) is 4.57. The molecule has 0 unspecified atom stereocenters. The number of hydrogen-bond donors (Lipinski definition) is 0. The van der Waals surface area contributed by atoms with Crippen molar-refractivity contribution < 1.29 is 13.3 Å². The van der Waals surface area contributed by atoms with E-state index in [4.69, 9.17) is 0 Å². The van der Waals surface area contributed by atoms with Crippen molar-refractivity contribution in [2.24, 2.45) is 5.92 Å². The van der Waals surface area contributed by atoms with Crippen molar-refractivity contribution in [2.75, 3.05) is 24.5 Å².